The first-order chi connectivity index (χ1) is 11.5. The molecule has 1 rings (SSSR count). The van der Waals surface area contributed by atoms with Gasteiger partial charge in [0.1, 0.15) is 6.42 Å². The molecule has 0 aromatic heterocycles. The average Bonchev–Trinajstić information content (AvgIpc) is 2.55. The van der Waals surface area contributed by atoms with E-state index in [4.69, 9.17) is 0 Å². The summed E-state index contributed by atoms with van der Waals surface area (Å²) in [5.74, 6) is -0.498. The number of carbonyl (C=O) groups is 2. The summed E-state index contributed by atoms with van der Waals surface area (Å²) in [5, 5.41) is 5.61. The molecule has 1 aromatic rings. The van der Waals surface area contributed by atoms with E-state index in [2.05, 4.69) is 42.4 Å². The van der Waals surface area contributed by atoms with Crippen LogP contribution >= 0.6 is 0 Å². The summed E-state index contributed by atoms with van der Waals surface area (Å²) in [7, 11) is 0. The summed E-state index contributed by atoms with van der Waals surface area (Å²) in [6, 6.07) is 5.97. The first kappa shape index (κ1) is 20.0. The second kappa shape index (κ2) is 10.7. The molecule has 0 fully saturated rings. The fourth-order valence-corrected chi connectivity index (χ4v) is 2.58. The molecule has 0 aliphatic carbocycles. The Morgan fingerprint density at radius 2 is 1.75 bits per heavy atom. The van der Waals surface area contributed by atoms with Gasteiger partial charge in [-0.3, -0.25) is 9.59 Å². The minimum Gasteiger partial charge on any atom is -0.372 e. The Balaban J connectivity index is 2.53. The van der Waals surface area contributed by atoms with Crippen molar-refractivity contribution in [3.05, 3.63) is 23.8 Å². The van der Waals surface area contributed by atoms with Crippen LogP contribution in [-0.4, -0.2) is 31.4 Å². The second-order valence-corrected chi connectivity index (χ2v) is 5.95. The Morgan fingerprint density at radius 1 is 1.04 bits per heavy atom. The maximum Gasteiger partial charge on any atom is 0.233 e. The molecule has 0 aliphatic heterocycles. The first-order valence-electron chi connectivity index (χ1n) is 8.93. The van der Waals surface area contributed by atoms with Gasteiger partial charge in [0.15, 0.2) is 0 Å². The van der Waals surface area contributed by atoms with E-state index in [-0.39, 0.29) is 18.2 Å². The molecule has 24 heavy (non-hydrogen) atoms. The van der Waals surface area contributed by atoms with Crippen LogP contribution in [0.25, 0.3) is 0 Å². The Bertz CT molecular complexity index is 539. The molecule has 0 saturated heterocycles. The molecule has 2 N–H and O–H groups in total. The van der Waals surface area contributed by atoms with E-state index in [0.29, 0.717) is 6.54 Å². The summed E-state index contributed by atoms with van der Waals surface area (Å²) >= 11 is 0. The van der Waals surface area contributed by atoms with Crippen molar-refractivity contribution in [2.45, 2.75) is 53.4 Å². The fourth-order valence-electron chi connectivity index (χ4n) is 2.58. The number of hydrogen-bond acceptors (Lipinski definition) is 3. The first-order valence-corrected chi connectivity index (χ1v) is 8.93. The van der Waals surface area contributed by atoms with Crippen LogP contribution in [0.1, 0.15) is 52.0 Å². The topological polar surface area (TPSA) is 61.4 Å². The highest BCUT2D eigenvalue weighted by Crippen LogP contribution is 2.22. The number of nitrogens with one attached hydrogen (secondary N) is 2. The molecule has 5 heteroatoms. The number of unbranched alkanes of at least 4 members (excludes halogenated alkanes) is 2. The predicted molar refractivity (Wildman–Crippen MR) is 101 cm³/mol. The normalized spacial score (nSPS) is 10.3. The van der Waals surface area contributed by atoms with Crippen molar-refractivity contribution in [2.24, 2.45) is 0 Å². The lowest BCUT2D eigenvalue weighted by molar-refractivity contribution is -0.126. The molecule has 0 bridgehead atoms. The molecule has 5 nitrogen and oxygen atoms in total. The van der Waals surface area contributed by atoms with Crippen LogP contribution in [0.3, 0.4) is 0 Å². The lowest BCUT2D eigenvalue weighted by atomic mass is 10.1. The van der Waals surface area contributed by atoms with Gasteiger partial charge in [-0.05, 0) is 51.0 Å². The third kappa shape index (κ3) is 6.60. The molecule has 0 saturated carbocycles. The number of carbonyl (C=O) groups excluding carboxylic acids is 2. The van der Waals surface area contributed by atoms with Crippen molar-refractivity contribution in [2.75, 3.05) is 29.9 Å². The highest BCUT2D eigenvalue weighted by molar-refractivity contribution is 6.03. The number of benzene rings is 1. The highest BCUT2D eigenvalue weighted by atomic mass is 16.2. The van der Waals surface area contributed by atoms with Gasteiger partial charge >= 0.3 is 0 Å². The minimum absolute atomic E-state index is 0.136. The Kier molecular flexibility index (Phi) is 8.90. The highest BCUT2D eigenvalue weighted by Gasteiger charge is 2.11. The zero-order chi connectivity index (χ0) is 17.9. The summed E-state index contributed by atoms with van der Waals surface area (Å²) in [6.45, 7) is 10.8. The van der Waals surface area contributed by atoms with Crippen molar-refractivity contribution in [1.82, 2.24) is 5.32 Å². The van der Waals surface area contributed by atoms with Crippen LogP contribution in [0, 0.1) is 6.92 Å². The Labute approximate surface area is 145 Å². The number of rotatable bonds is 10. The van der Waals surface area contributed by atoms with Crippen molar-refractivity contribution in [3.8, 4) is 0 Å². The SMILES string of the molecule is CCCCCNC(=O)CC(=O)Nc1ccc(N(CC)CC)cc1C. The van der Waals surface area contributed by atoms with Crippen LogP contribution in [0.4, 0.5) is 11.4 Å². The van der Waals surface area contributed by atoms with Crippen LogP contribution in [0.15, 0.2) is 18.2 Å². The van der Waals surface area contributed by atoms with Gasteiger partial charge in [0.25, 0.3) is 0 Å². The largest absolute Gasteiger partial charge is 0.372 e. The molecule has 0 spiro atoms. The van der Waals surface area contributed by atoms with E-state index in [1.807, 2.05) is 19.1 Å². The molecule has 0 heterocycles. The third-order valence-corrected chi connectivity index (χ3v) is 4.04. The van der Waals surface area contributed by atoms with Gasteiger partial charge in [0.05, 0.1) is 0 Å². The molecule has 0 radical (unpaired) electrons. The summed E-state index contributed by atoms with van der Waals surface area (Å²) in [4.78, 5) is 26.0. The van der Waals surface area contributed by atoms with Crippen molar-refractivity contribution in [1.29, 1.82) is 0 Å². The second-order valence-electron chi connectivity index (χ2n) is 5.95. The molecule has 134 valence electrons. The van der Waals surface area contributed by atoms with Gasteiger partial charge in [-0.15, -0.1) is 0 Å². The van der Waals surface area contributed by atoms with Crippen LogP contribution in [0.5, 0.6) is 0 Å². The van der Waals surface area contributed by atoms with E-state index in [1.54, 1.807) is 0 Å². The Hall–Kier alpha value is -2.04. The third-order valence-electron chi connectivity index (χ3n) is 4.04. The maximum atomic E-state index is 12.0. The van der Waals surface area contributed by atoms with Crippen molar-refractivity contribution in [3.63, 3.8) is 0 Å². The molecule has 0 aliphatic rings. The molecule has 2 amide bonds. The fraction of sp³-hybridized carbons (Fsp3) is 0.579. The number of aryl methyl sites for hydroxylation is 1. The van der Waals surface area contributed by atoms with Crippen LogP contribution < -0.4 is 15.5 Å². The van der Waals surface area contributed by atoms with E-state index in [9.17, 15) is 9.59 Å². The molecular weight excluding hydrogens is 302 g/mol. The van der Waals surface area contributed by atoms with Crippen LogP contribution in [-0.2, 0) is 9.59 Å². The standard InChI is InChI=1S/C19H31N3O2/c1-5-8-9-12-20-18(23)14-19(24)21-17-11-10-16(13-15(17)4)22(6-2)7-3/h10-11,13H,5-9,12,14H2,1-4H3,(H,20,23)(H,21,24). The van der Waals surface area contributed by atoms with E-state index < -0.39 is 0 Å². The van der Waals surface area contributed by atoms with Gasteiger partial charge in [-0.1, -0.05) is 19.8 Å². The van der Waals surface area contributed by atoms with Crippen LogP contribution in [0.2, 0.25) is 0 Å². The van der Waals surface area contributed by atoms with Gasteiger partial charge in [0.2, 0.25) is 11.8 Å². The number of hydrogen-bond donors (Lipinski definition) is 2. The van der Waals surface area contributed by atoms with Gasteiger partial charge < -0.3 is 15.5 Å². The Morgan fingerprint density at radius 3 is 2.33 bits per heavy atom. The lowest BCUT2D eigenvalue weighted by Gasteiger charge is -2.22. The quantitative estimate of drug-likeness (QED) is 0.509. The molecule has 0 unspecified atom stereocenters. The smallest absolute Gasteiger partial charge is 0.233 e. The number of amides is 2. The molecule has 0 atom stereocenters. The maximum absolute atomic E-state index is 12.0. The zero-order valence-electron chi connectivity index (χ0n) is 15.4. The number of anilines is 2. The van der Waals surface area contributed by atoms with Gasteiger partial charge in [-0.25, -0.2) is 0 Å². The lowest BCUT2D eigenvalue weighted by Crippen LogP contribution is -2.29. The van der Waals surface area contributed by atoms with E-state index in [1.165, 1.54) is 0 Å². The molecule has 1 aromatic carbocycles. The van der Waals surface area contributed by atoms with Gasteiger partial charge in [-0.2, -0.15) is 0 Å². The zero-order valence-corrected chi connectivity index (χ0v) is 15.4. The van der Waals surface area contributed by atoms with Crippen molar-refractivity contribution < 1.29 is 9.59 Å². The van der Waals surface area contributed by atoms with Gasteiger partial charge in [0, 0.05) is 31.0 Å². The molecular formula is C19H31N3O2. The van der Waals surface area contributed by atoms with E-state index >= 15 is 0 Å². The number of nitrogens with zero attached hydrogens (tertiary/aromatic N) is 1. The van der Waals surface area contributed by atoms with E-state index in [0.717, 1.165) is 49.3 Å². The summed E-state index contributed by atoms with van der Waals surface area (Å²) < 4.78 is 0. The predicted octanol–water partition coefficient (Wildman–Crippen LogP) is 3.48. The monoisotopic (exact) mass is 333 g/mol. The summed E-state index contributed by atoms with van der Waals surface area (Å²) in [5.41, 5.74) is 2.90. The summed E-state index contributed by atoms with van der Waals surface area (Å²) in [6.07, 6.45) is 3.02. The average molecular weight is 333 g/mol. The van der Waals surface area contributed by atoms with Crippen molar-refractivity contribution >= 4 is 23.2 Å². The minimum atomic E-state index is -0.276.